The molecule has 0 saturated heterocycles. The normalized spacial score (nSPS) is 10.4. The fourth-order valence-electron chi connectivity index (χ4n) is 1.66. The maximum atomic E-state index is 9.18. The Labute approximate surface area is 93.4 Å². The summed E-state index contributed by atoms with van der Waals surface area (Å²) in [7, 11) is 0. The third kappa shape index (κ3) is 2.59. The highest BCUT2D eigenvalue weighted by molar-refractivity contribution is 5.37. The predicted molar refractivity (Wildman–Crippen MR) is 61.6 cm³/mol. The van der Waals surface area contributed by atoms with Gasteiger partial charge < -0.3 is 20.4 Å². The molecule has 0 unspecified atom stereocenters. The van der Waals surface area contributed by atoms with Crippen molar-refractivity contribution in [1.29, 1.82) is 0 Å². The van der Waals surface area contributed by atoms with Crippen LogP contribution >= 0.6 is 0 Å². The Morgan fingerprint density at radius 3 is 2.12 bits per heavy atom. The first kappa shape index (κ1) is 12.2. The van der Waals surface area contributed by atoms with Crippen molar-refractivity contribution in [2.75, 3.05) is 0 Å². The van der Waals surface area contributed by atoms with Crippen LogP contribution in [-0.2, 0) is 6.42 Å². The van der Waals surface area contributed by atoms with Crippen molar-refractivity contribution >= 4 is 11.9 Å². The second kappa shape index (κ2) is 4.79. The average Bonchev–Trinajstić information content (AvgIpc) is 2.15. The largest absolute Gasteiger partial charge is 0.481 e. The molecule has 0 fully saturated rings. The van der Waals surface area contributed by atoms with Crippen molar-refractivity contribution in [1.82, 2.24) is 0 Å². The molecule has 0 atom stereocenters. The lowest BCUT2D eigenvalue weighted by Crippen LogP contribution is -2.33. The molecule has 0 aliphatic carbocycles. The van der Waals surface area contributed by atoms with Crippen molar-refractivity contribution in [2.45, 2.75) is 20.3 Å². The molecular weight excluding hydrogens is 208 g/mol. The average molecular weight is 224 g/mol. The molecule has 0 spiro atoms. The van der Waals surface area contributed by atoms with Gasteiger partial charge in [-0.1, -0.05) is 26.0 Å². The third-order valence-corrected chi connectivity index (χ3v) is 2.24. The number of hydrogen-bond acceptors (Lipinski definition) is 4. The van der Waals surface area contributed by atoms with E-state index in [0.29, 0.717) is 17.9 Å². The quantitative estimate of drug-likeness (QED) is 0.609. The molecule has 4 N–H and O–H groups in total. The minimum absolute atomic E-state index is 0.0261. The second-order valence-corrected chi connectivity index (χ2v) is 4.08. The predicted octanol–water partition coefficient (Wildman–Crippen LogP) is 1.25. The summed E-state index contributed by atoms with van der Waals surface area (Å²) >= 11 is 0. The van der Waals surface area contributed by atoms with Gasteiger partial charge in [0.2, 0.25) is 0 Å². The van der Waals surface area contributed by atoms with E-state index in [0.717, 1.165) is 0 Å². The van der Waals surface area contributed by atoms with Crippen LogP contribution in [0, 0.1) is 5.92 Å². The van der Waals surface area contributed by atoms with Crippen LogP contribution in [0.5, 0.6) is 0 Å². The Bertz CT molecular complexity index is 480. The smallest absolute Gasteiger partial charge is 0.282 e. The zero-order chi connectivity index (χ0) is 12.3. The Morgan fingerprint density at radius 2 is 1.69 bits per heavy atom. The van der Waals surface area contributed by atoms with E-state index in [-0.39, 0.29) is 10.4 Å². The maximum absolute atomic E-state index is 9.18. The maximum Gasteiger partial charge on any atom is 0.282 e. The summed E-state index contributed by atoms with van der Waals surface area (Å²) < 4.78 is 0. The van der Waals surface area contributed by atoms with Crippen molar-refractivity contribution in [3.05, 3.63) is 34.2 Å². The summed E-state index contributed by atoms with van der Waals surface area (Å²) in [6.07, 6.45) is 0.626. The molecule has 4 heteroatoms. The fourth-order valence-corrected chi connectivity index (χ4v) is 1.66. The summed E-state index contributed by atoms with van der Waals surface area (Å²) in [5.74, 6) is -1.48. The van der Waals surface area contributed by atoms with E-state index in [1.54, 1.807) is 12.1 Å². The summed E-state index contributed by atoms with van der Waals surface area (Å²) in [4.78, 5) is 0. The fraction of sp³-hybridized carbons (Fsp3) is 0.333. The number of hydrogen-bond donors (Lipinski definition) is 4. The Morgan fingerprint density at radius 1 is 1.06 bits per heavy atom. The minimum Gasteiger partial charge on any atom is -0.481 e. The zero-order valence-corrected chi connectivity index (χ0v) is 9.31. The van der Waals surface area contributed by atoms with Crippen LogP contribution in [0.3, 0.4) is 0 Å². The van der Waals surface area contributed by atoms with Crippen molar-refractivity contribution < 1.29 is 20.4 Å². The van der Waals surface area contributed by atoms with Gasteiger partial charge in [0, 0.05) is 0 Å². The van der Waals surface area contributed by atoms with Gasteiger partial charge in [0.25, 0.3) is 11.9 Å². The van der Waals surface area contributed by atoms with Crippen molar-refractivity contribution in [3.8, 4) is 0 Å². The van der Waals surface area contributed by atoms with Gasteiger partial charge in [-0.3, -0.25) is 0 Å². The zero-order valence-electron chi connectivity index (χ0n) is 9.31. The first-order chi connectivity index (χ1) is 7.43. The SMILES string of the molecule is CC(C)Cc1cccc(=C(O)O)c1=C(O)O. The van der Waals surface area contributed by atoms with Gasteiger partial charge in [0.1, 0.15) is 0 Å². The lowest BCUT2D eigenvalue weighted by molar-refractivity contribution is 0.288. The molecule has 0 aromatic heterocycles. The van der Waals surface area contributed by atoms with Crippen LogP contribution in [0.25, 0.3) is 11.9 Å². The molecule has 4 nitrogen and oxygen atoms in total. The van der Waals surface area contributed by atoms with Gasteiger partial charge >= 0.3 is 0 Å². The lowest BCUT2D eigenvalue weighted by atomic mass is 10.00. The van der Waals surface area contributed by atoms with Gasteiger partial charge in [-0.25, -0.2) is 0 Å². The number of benzene rings is 1. The van der Waals surface area contributed by atoms with E-state index in [9.17, 15) is 10.2 Å². The molecule has 0 heterocycles. The van der Waals surface area contributed by atoms with Crippen molar-refractivity contribution in [2.24, 2.45) is 5.92 Å². The molecule has 0 saturated carbocycles. The van der Waals surface area contributed by atoms with E-state index in [4.69, 9.17) is 10.2 Å². The minimum atomic E-state index is -0.916. The van der Waals surface area contributed by atoms with Gasteiger partial charge in [0.15, 0.2) is 0 Å². The Hall–Kier alpha value is -1.84. The summed E-state index contributed by atoms with van der Waals surface area (Å²) in [6.45, 7) is 3.99. The van der Waals surface area contributed by atoms with E-state index in [1.807, 2.05) is 13.8 Å². The molecule has 1 rings (SSSR count). The van der Waals surface area contributed by atoms with E-state index < -0.39 is 11.9 Å². The highest BCUT2D eigenvalue weighted by Gasteiger charge is 2.06. The standard InChI is InChI=1S/C12H16O4/c1-7(2)6-8-4-3-5-9(11(13)14)10(8)12(15)16/h3-5,7,13-16H,6H2,1-2H3. The third-order valence-electron chi connectivity index (χ3n) is 2.24. The highest BCUT2D eigenvalue weighted by Crippen LogP contribution is 2.02. The van der Waals surface area contributed by atoms with Crippen LogP contribution < -0.4 is 10.4 Å². The van der Waals surface area contributed by atoms with Crippen LogP contribution in [0.1, 0.15) is 19.4 Å². The van der Waals surface area contributed by atoms with Crippen molar-refractivity contribution in [3.63, 3.8) is 0 Å². The molecule has 1 aromatic rings. The monoisotopic (exact) mass is 224 g/mol. The second-order valence-electron chi connectivity index (χ2n) is 4.08. The van der Waals surface area contributed by atoms with E-state index in [1.165, 1.54) is 6.07 Å². The Kier molecular flexibility index (Phi) is 3.66. The van der Waals surface area contributed by atoms with Crippen LogP contribution in [0.15, 0.2) is 18.2 Å². The molecule has 0 bridgehead atoms. The lowest BCUT2D eigenvalue weighted by Gasteiger charge is -2.06. The molecule has 88 valence electrons. The molecule has 0 radical (unpaired) electrons. The van der Waals surface area contributed by atoms with E-state index >= 15 is 0 Å². The first-order valence-corrected chi connectivity index (χ1v) is 5.05. The number of rotatable bonds is 2. The number of aliphatic hydroxyl groups excluding tert-OH is 2. The summed E-state index contributed by atoms with van der Waals surface area (Å²) in [5, 5.41) is 36.6. The molecule has 0 amide bonds. The van der Waals surface area contributed by atoms with Gasteiger partial charge in [0.05, 0.1) is 10.4 Å². The number of aliphatic hydroxyl groups is 4. The Balaban J connectivity index is 3.62. The summed E-state index contributed by atoms with van der Waals surface area (Å²) in [5.41, 5.74) is 0.674. The van der Waals surface area contributed by atoms with Crippen LogP contribution in [0.4, 0.5) is 0 Å². The molecule has 16 heavy (non-hydrogen) atoms. The van der Waals surface area contributed by atoms with Crippen LogP contribution in [-0.4, -0.2) is 20.4 Å². The van der Waals surface area contributed by atoms with Crippen LogP contribution in [0.2, 0.25) is 0 Å². The molecular formula is C12H16O4. The van der Waals surface area contributed by atoms with Gasteiger partial charge in [-0.15, -0.1) is 0 Å². The molecule has 0 aliphatic heterocycles. The highest BCUT2D eigenvalue weighted by atomic mass is 16.5. The topological polar surface area (TPSA) is 80.9 Å². The first-order valence-electron chi connectivity index (χ1n) is 5.05. The van der Waals surface area contributed by atoms with Gasteiger partial charge in [-0.2, -0.15) is 0 Å². The molecule has 1 aromatic carbocycles. The molecule has 0 aliphatic rings. The van der Waals surface area contributed by atoms with E-state index in [2.05, 4.69) is 0 Å². The van der Waals surface area contributed by atoms with Gasteiger partial charge in [-0.05, 0) is 24.0 Å². The summed E-state index contributed by atoms with van der Waals surface area (Å²) in [6, 6.07) is 4.79.